The van der Waals surface area contributed by atoms with E-state index in [0.29, 0.717) is 29.2 Å². The first-order valence-electron chi connectivity index (χ1n) is 10.6. The second kappa shape index (κ2) is 9.52. The lowest BCUT2D eigenvalue weighted by atomic mass is 10.0. The molecule has 0 spiro atoms. The van der Waals surface area contributed by atoms with Gasteiger partial charge in [-0.25, -0.2) is 0 Å². The van der Waals surface area contributed by atoms with E-state index in [1.54, 1.807) is 59.2 Å². The highest BCUT2D eigenvalue weighted by Gasteiger charge is 2.21. The first kappa shape index (κ1) is 23.3. The molecule has 0 N–H and O–H groups in total. The fourth-order valence-corrected chi connectivity index (χ4v) is 4.35. The maximum atomic E-state index is 12.7. The summed E-state index contributed by atoms with van der Waals surface area (Å²) in [6.45, 7) is 3.33. The van der Waals surface area contributed by atoms with E-state index in [-0.39, 0.29) is 17.3 Å². The molecule has 1 aromatic heterocycles. The van der Waals surface area contributed by atoms with Crippen LogP contribution >= 0.6 is 11.3 Å². The fraction of sp³-hybridized carbons (Fsp3) is 0.192. The van der Waals surface area contributed by atoms with Gasteiger partial charge in [0.15, 0.2) is 5.78 Å². The Morgan fingerprint density at radius 3 is 2.41 bits per heavy atom. The Morgan fingerprint density at radius 2 is 1.68 bits per heavy atom. The fourth-order valence-electron chi connectivity index (χ4n) is 3.39. The molecule has 0 bridgehead atoms. The molecule has 0 aliphatic rings. The third-order valence-electron chi connectivity index (χ3n) is 5.22. The van der Waals surface area contributed by atoms with Gasteiger partial charge < -0.3 is 19.4 Å². The number of benzene rings is 3. The average Bonchev–Trinajstić information content (AvgIpc) is 3.13. The average molecular weight is 477 g/mol. The summed E-state index contributed by atoms with van der Waals surface area (Å²) in [5.41, 5.74) is 0.370. The van der Waals surface area contributed by atoms with Crippen LogP contribution in [0.3, 0.4) is 0 Å². The van der Waals surface area contributed by atoms with Gasteiger partial charge in [-0.3, -0.25) is 14.2 Å². The van der Waals surface area contributed by atoms with Crippen LogP contribution in [0.1, 0.15) is 29.8 Å². The normalized spacial score (nSPS) is 11.4. The van der Waals surface area contributed by atoms with Crippen molar-refractivity contribution in [2.24, 2.45) is 0 Å². The number of hydrogen-bond donors (Lipinski definition) is 0. The predicted octanol–water partition coefficient (Wildman–Crippen LogP) is 3.28. The highest BCUT2D eigenvalue weighted by atomic mass is 32.1. The Hall–Kier alpha value is -3.91. The van der Waals surface area contributed by atoms with Crippen molar-refractivity contribution >= 4 is 33.3 Å². The number of hydrogen-bond acceptors (Lipinski definition) is 7. The smallest absolute Gasteiger partial charge is 0.308 e. The van der Waals surface area contributed by atoms with Crippen LogP contribution in [-0.4, -0.2) is 28.5 Å². The number of carboxylic acid groups (broad SMARTS) is 1. The molecular weight excluding hydrogens is 454 g/mol. The van der Waals surface area contributed by atoms with Crippen LogP contribution in [0.15, 0.2) is 77.6 Å². The van der Waals surface area contributed by atoms with Gasteiger partial charge in [-0.05, 0) is 44.2 Å². The van der Waals surface area contributed by atoms with Gasteiger partial charge in [0.25, 0.3) is 0 Å². The number of ketones is 1. The monoisotopic (exact) mass is 476 g/mol. The van der Waals surface area contributed by atoms with Crippen molar-refractivity contribution in [3.8, 4) is 11.5 Å². The minimum absolute atomic E-state index is 0.0952. The zero-order chi connectivity index (χ0) is 24.3. The Labute approximate surface area is 199 Å². The lowest BCUT2D eigenvalue weighted by Crippen LogP contribution is -2.47. The Kier molecular flexibility index (Phi) is 6.51. The van der Waals surface area contributed by atoms with Crippen LogP contribution < -0.4 is 19.5 Å². The maximum absolute atomic E-state index is 12.7. The van der Waals surface area contributed by atoms with E-state index in [0.717, 1.165) is 21.6 Å². The van der Waals surface area contributed by atoms with Gasteiger partial charge >= 0.3 is 4.87 Å². The maximum Gasteiger partial charge on any atom is 0.308 e. The standard InChI is InChI=1S/C26H23NO6S/c1-26(2,24(29)30)33-20-10-6-9-19(16-20)32-14-13-27-21-12-11-18(15-22(21)34-25(27)31)23(28)17-7-4-3-5-8-17/h3-12,15-16H,13-14H2,1-2H3,(H,29,30)/p-1. The SMILES string of the molecule is CC(C)(Oc1cccc(OCCn2c(=O)sc3cc(C(=O)c4ccccc4)ccc32)c1)C(=O)[O-]. The van der Waals surface area contributed by atoms with Crippen molar-refractivity contribution in [2.75, 3.05) is 6.61 Å². The number of rotatable bonds is 9. The highest BCUT2D eigenvalue weighted by Crippen LogP contribution is 2.24. The first-order valence-corrected chi connectivity index (χ1v) is 11.4. The summed E-state index contributed by atoms with van der Waals surface area (Å²) in [5.74, 6) is -0.603. The summed E-state index contributed by atoms with van der Waals surface area (Å²) in [6, 6.07) is 20.9. The molecule has 0 aliphatic heterocycles. The topological polar surface area (TPSA) is 97.7 Å². The minimum Gasteiger partial charge on any atom is -0.546 e. The van der Waals surface area contributed by atoms with Crippen LogP contribution in [0.25, 0.3) is 10.2 Å². The summed E-state index contributed by atoms with van der Waals surface area (Å²) in [7, 11) is 0. The molecule has 8 heteroatoms. The van der Waals surface area contributed by atoms with Crippen molar-refractivity contribution in [1.29, 1.82) is 0 Å². The van der Waals surface area contributed by atoms with Crippen molar-refractivity contribution in [2.45, 2.75) is 26.0 Å². The predicted molar refractivity (Wildman–Crippen MR) is 128 cm³/mol. The van der Waals surface area contributed by atoms with Crippen LogP contribution in [0.2, 0.25) is 0 Å². The van der Waals surface area contributed by atoms with E-state index in [4.69, 9.17) is 9.47 Å². The van der Waals surface area contributed by atoms with Gasteiger partial charge in [-0.15, -0.1) is 0 Å². The van der Waals surface area contributed by atoms with E-state index in [9.17, 15) is 19.5 Å². The number of aromatic nitrogens is 1. The van der Waals surface area contributed by atoms with E-state index in [1.807, 2.05) is 18.2 Å². The van der Waals surface area contributed by atoms with Crippen LogP contribution in [0.5, 0.6) is 11.5 Å². The summed E-state index contributed by atoms with van der Waals surface area (Å²) >= 11 is 1.08. The number of thiazole rings is 1. The lowest BCUT2D eigenvalue weighted by molar-refractivity contribution is -0.320. The second-order valence-electron chi connectivity index (χ2n) is 8.12. The van der Waals surface area contributed by atoms with E-state index >= 15 is 0 Å². The molecule has 0 atom stereocenters. The zero-order valence-corrected chi connectivity index (χ0v) is 19.5. The lowest BCUT2D eigenvalue weighted by Gasteiger charge is -2.27. The van der Waals surface area contributed by atoms with Crippen LogP contribution in [0.4, 0.5) is 0 Å². The summed E-state index contributed by atoms with van der Waals surface area (Å²) < 4.78 is 13.6. The third kappa shape index (κ3) is 5.02. The van der Waals surface area contributed by atoms with Crippen molar-refractivity contribution in [3.05, 3.63) is 93.6 Å². The zero-order valence-electron chi connectivity index (χ0n) is 18.6. The number of nitrogens with zero attached hydrogens (tertiary/aromatic N) is 1. The summed E-state index contributed by atoms with van der Waals surface area (Å²) in [5, 5.41) is 11.2. The van der Waals surface area contributed by atoms with Crippen LogP contribution in [-0.2, 0) is 11.3 Å². The number of fused-ring (bicyclic) bond motifs is 1. The van der Waals surface area contributed by atoms with E-state index < -0.39 is 11.6 Å². The molecule has 0 saturated carbocycles. The molecule has 0 aliphatic carbocycles. The number of carbonyl (C=O) groups excluding carboxylic acids is 2. The summed E-state index contributed by atoms with van der Waals surface area (Å²) in [6.07, 6.45) is 0. The van der Waals surface area contributed by atoms with Gasteiger partial charge in [0.05, 0.1) is 22.7 Å². The molecule has 174 valence electrons. The van der Waals surface area contributed by atoms with Gasteiger partial charge in [0, 0.05) is 17.2 Å². The molecule has 4 rings (SSSR count). The molecule has 0 saturated heterocycles. The third-order valence-corrected chi connectivity index (χ3v) is 6.16. The number of carbonyl (C=O) groups is 2. The van der Waals surface area contributed by atoms with Gasteiger partial charge in [-0.2, -0.15) is 0 Å². The van der Waals surface area contributed by atoms with Gasteiger partial charge in [-0.1, -0.05) is 47.7 Å². The minimum atomic E-state index is -1.48. The van der Waals surface area contributed by atoms with Crippen molar-refractivity contribution in [1.82, 2.24) is 4.57 Å². The van der Waals surface area contributed by atoms with Gasteiger partial charge in [0.2, 0.25) is 0 Å². The Bertz CT molecular complexity index is 1400. The summed E-state index contributed by atoms with van der Waals surface area (Å²) in [4.78, 5) is 36.3. The molecule has 1 heterocycles. The second-order valence-corrected chi connectivity index (χ2v) is 9.11. The largest absolute Gasteiger partial charge is 0.546 e. The van der Waals surface area contributed by atoms with Crippen LogP contribution in [0, 0.1) is 0 Å². The highest BCUT2D eigenvalue weighted by molar-refractivity contribution is 7.16. The van der Waals surface area contributed by atoms with E-state index in [1.165, 1.54) is 13.8 Å². The molecule has 0 radical (unpaired) electrons. The number of aliphatic carboxylic acids is 1. The Balaban J connectivity index is 1.46. The molecule has 4 aromatic rings. The van der Waals surface area contributed by atoms with Crippen molar-refractivity contribution in [3.63, 3.8) is 0 Å². The molecule has 34 heavy (non-hydrogen) atoms. The first-order chi connectivity index (χ1) is 16.2. The van der Waals surface area contributed by atoms with Gasteiger partial charge in [0.1, 0.15) is 23.7 Å². The molecule has 0 unspecified atom stereocenters. The Morgan fingerprint density at radius 1 is 0.941 bits per heavy atom. The van der Waals surface area contributed by atoms with E-state index in [2.05, 4.69) is 0 Å². The molecule has 0 amide bonds. The molecule has 0 fully saturated rings. The van der Waals surface area contributed by atoms with Crippen molar-refractivity contribution < 1.29 is 24.2 Å². The number of ether oxygens (including phenoxy) is 2. The number of carboxylic acids is 1. The molecule has 7 nitrogen and oxygen atoms in total. The molecular formula is C26H22NO6S-. The molecule has 3 aromatic carbocycles. The quantitative estimate of drug-likeness (QED) is 0.344.